The fourth-order valence-electron chi connectivity index (χ4n) is 0.736. The number of carbonyl (C=O) groups excluding carboxylic acids is 1. The van der Waals surface area contributed by atoms with Crippen LogP contribution in [0.2, 0.25) is 0 Å². The molecule has 0 amide bonds. The van der Waals surface area contributed by atoms with Gasteiger partial charge in [0.1, 0.15) is 0 Å². The van der Waals surface area contributed by atoms with Crippen LogP contribution in [0.5, 0.6) is 0 Å². The number of alkyl halides is 1. The summed E-state index contributed by atoms with van der Waals surface area (Å²) < 4.78 is 0. The summed E-state index contributed by atoms with van der Waals surface area (Å²) in [6.45, 7) is 0. The summed E-state index contributed by atoms with van der Waals surface area (Å²) in [6, 6.07) is 1.94. The Balaban J connectivity index is 2.84. The third-order valence-corrected chi connectivity index (χ3v) is 2.45. The number of hydrogen-bond donors (Lipinski definition) is 0. The fraction of sp³-hybridized carbons (Fsp3) is 0.125. The van der Waals surface area contributed by atoms with Crippen molar-refractivity contribution in [3.05, 3.63) is 28.0 Å². The summed E-state index contributed by atoms with van der Waals surface area (Å²) >= 11 is 4.74. The van der Waals surface area contributed by atoms with Crippen molar-refractivity contribution in [2.75, 3.05) is 5.33 Å². The second-order valence-electron chi connectivity index (χ2n) is 1.91. The molecule has 11 heavy (non-hydrogen) atoms. The topological polar surface area (TPSA) is 17.1 Å². The van der Waals surface area contributed by atoms with Crippen molar-refractivity contribution in [3.63, 3.8) is 0 Å². The smallest absolute Gasteiger partial charge is 0.160 e. The average molecular weight is 231 g/mol. The van der Waals surface area contributed by atoms with E-state index >= 15 is 0 Å². The highest BCUT2D eigenvalue weighted by atomic mass is 79.9. The molecule has 0 atom stereocenters. The molecule has 0 radical (unpaired) electrons. The minimum absolute atomic E-state index is 0.794. The lowest BCUT2D eigenvalue weighted by atomic mass is 10.2. The van der Waals surface area contributed by atoms with Crippen molar-refractivity contribution in [1.82, 2.24) is 0 Å². The quantitative estimate of drug-likeness (QED) is 0.577. The van der Waals surface area contributed by atoms with E-state index in [0.717, 1.165) is 22.1 Å². The number of aldehydes is 1. The molecule has 0 spiro atoms. The Morgan fingerprint density at radius 3 is 3.09 bits per heavy atom. The molecule has 0 bridgehead atoms. The molecule has 0 aliphatic carbocycles. The maximum Gasteiger partial charge on any atom is 0.160 e. The lowest BCUT2D eigenvalue weighted by molar-refractivity contribution is 0.112. The van der Waals surface area contributed by atoms with E-state index in [1.165, 1.54) is 11.3 Å². The van der Waals surface area contributed by atoms with Gasteiger partial charge < -0.3 is 0 Å². The average Bonchev–Trinajstić information content (AvgIpc) is 2.47. The Hall–Kier alpha value is -0.410. The lowest BCUT2D eigenvalue weighted by Crippen LogP contribution is -1.74. The van der Waals surface area contributed by atoms with Crippen molar-refractivity contribution in [1.29, 1.82) is 0 Å². The van der Waals surface area contributed by atoms with Gasteiger partial charge in [0.25, 0.3) is 0 Å². The maximum absolute atomic E-state index is 10.4. The monoisotopic (exact) mass is 230 g/mol. The Morgan fingerprint density at radius 1 is 1.64 bits per heavy atom. The number of halogens is 1. The minimum atomic E-state index is 0.794. The van der Waals surface area contributed by atoms with Crippen LogP contribution in [0.3, 0.4) is 0 Å². The maximum atomic E-state index is 10.4. The summed E-state index contributed by atoms with van der Waals surface area (Å²) in [7, 11) is 0. The zero-order valence-electron chi connectivity index (χ0n) is 5.79. The van der Waals surface area contributed by atoms with Gasteiger partial charge in [0.15, 0.2) is 6.29 Å². The van der Waals surface area contributed by atoms with Crippen LogP contribution in [0.25, 0.3) is 6.08 Å². The minimum Gasteiger partial charge on any atom is -0.297 e. The molecule has 1 aromatic heterocycles. The highest BCUT2D eigenvalue weighted by molar-refractivity contribution is 9.09. The van der Waals surface area contributed by atoms with Gasteiger partial charge in [0.2, 0.25) is 0 Å². The second kappa shape index (κ2) is 4.46. The lowest BCUT2D eigenvalue weighted by Gasteiger charge is -1.85. The van der Waals surface area contributed by atoms with E-state index < -0.39 is 0 Å². The number of carbonyl (C=O) groups is 1. The van der Waals surface area contributed by atoms with Gasteiger partial charge in [-0.3, -0.25) is 4.79 Å². The summed E-state index contributed by atoms with van der Waals surface area (Å²) in [5.74, 6) is 0. The van der Waals surface area contributed by atoms with Crippen LogP contribution in [0.1, 0.15) is 15.2 Å². The number of hydrogen-bond acceptors (Lipinski definition) is 2. The van der Waals surface area contributed by atoms with Crippen LogP contribution < -0.4 is 0 Å². The van der Waals surface area contributed by atoms with Crippen molar-refractivity contribution in [2.24, 2.45) is 0 Å². The molecule has 1 rings (SSSR count). The predicted molar refractivity (Wildman–Crippen MR) is 52.5 cm³/mol. The SMILES string of the molecule is O=Cc1sccc1C=CCBr. The molecule has 0 unspecified atom stereocenters. The normalized spacial score (nSPS) is 10.6. The van der Waals surface area contributed by atoms with Crippen molar-refractivity contribution in [3.8, 4) is 0 Å². The van der Waals surface area contributed by atoms with E-state index in [1.807, 2.05) is 23.6 Å². The predicted octanol–water partition coefficient (Wildman–Crippen LogP) is 2.97. The van der Waals surface area contributed by atoms with Gasteiger partial charge in [0, 0.05) is 5.33 Å². The molecule has 1 heterocycles. The second-order valence-corrected chi connectivity index (χ2v) is 3.51. The summed E-state index contributed by atoms with van der Waals surface area (Å²) in [5.41, 5.74) is 1.00. The van der Waals surface area contributed by atoms with Crippen molar-refractivity contribution in [2.45, 2.75) is 0 Å². The van der Waals surface area contributed by atoms with Gasteiger partial charge in [-0.05, 0) is 17.0 Å². The first-order chi connectivity index (χ1) is 5.38. The first kappa shape index (κ1) is 8.68. The highest BCUT2D eigenvalue weighted by Gasteiger charge is 1.96. The zero-order chi connectivity index (χ0) is 8.10. The summed E-state index contributed by atoms with van der Waals surface area (Å²) in [5, 5.41) is 2.73. The molecule has 0 aromatic carbocycles. The van der Waals surface area contributed by atoms with Gasteiger partial charge >= 0.3 is 0 Å². The van der Waals surface area contributed by atoms with E-state index in [4.69, 9.17) is 0 Å². The van der Waals surface area contributed by atoms with Gasteiger partial charge in [-0.1, -0.05) is 28.1 Å². The van der Waals surface area contributed by atoms with Crippen molar-refractivity contribution < 1.29 is 4.79 Å². The molecule has 3 heteroatoms. The molecule has 1 nitrogen and oxygen atoms in total. The van der Waals surface area contributed by atoms with E-state index in [1.54, 1.807) is 0 Å². The summed E-state index contributed by atoms with van der Waals surface area (Å²) in [6.07, 6.45) is 4.79. The molecule has 58 valence electrons. The molecule has 1 aromatic rings. The Morgan fingerprint density at radius 2 is 2.45 bits per heavy atom. The van der Waals surface area contributed by atoms with Crippen LogP contribution in [-0.2, 0) is 0 Å². The van der Waals surface area contributed by atoms with Crippen LogP contribution >= 0.6 is 27.3 Å². The molecule has 0 N–H and O–H groups in total. The first-order valence-corrected chi connectivity index (χ1v) is 5.13. The zero-order valence-corrected chi connectivity index (χ0v) is 8.19. The number of allylic oxidation sites excluding steroid dienone is 1. The van der Waals surface area contributed by atoms with Crippen LogP contribution in [0.4, 0.5) is 0 Å². The molecular weight excluding hydrogens is 224 g/mol. The molecular formula is C8H7BrOS. The third-order valence-electron chi connectivity index (χ3n) is 1.22. The molecule has 0 aliphatic heterocycles. The number of thiophene rings is 1. The van der Waals surface area contributed by atoms with Crippen LogP contribution in [0.15, 0.2) is 17.5 Å². The van der Waals surface area contributed by atoms with Crippen LogP contribution in [-0.4, -0.2) is 11.6 Å². The van der Waals surface area contributed by atoms with Gasteiger partial charge in [-0.15, -0.1) is 11.3 Å². The highest BCUT2D eigenvalue weighted by Crippen LogP contribution is 2.15. The first-order valence-electron chi connectivity index (χ1n) is 3.13. The largest absolute Gasteiger partial charge is 0.297 e. The van der Waals surface area contributed by atoms with Gasteiger partial charge in [-0.2, -0.15) is 0 Å². The van der Waals surface area contributed by atoms with Gasteiger partial charge in [0.05, 0.1) is 4.88 Å². The van der Waals surface area contributed by atoms with E-state index in [2.05, 4.69) is 15.9 Å². The number of rotatable bonds is 3. The standard InChI is InChI=1S/C8H7BrOS/c9-4-1-2-7-3-5-11-8(7)6-10/h1-3,5-6H,4H2. The van der Waals surface area contributed by atoms with Crippen LogP contribution in [0, 0.1) is 0 Å². The molecule has 0 saturated heterocycles. The molecule has 0 fully saturated rings. The molecule has 0 saturated carbocycles. The van der Waals surface area contributed by atoms with Crippen molar-refractivity contribution >= 4 is 39.6 Å². The van der Waals surface area contributed by atoms with E-state index in [9.17, 15) is 4.79 Å². The fourth-order valence-corrected chi connectivity index (χ4v) is 1.61. The Kier molecular flexibility index (Phi) is 3.52. The van der Waals surface area contributed by atoms with E-state index in [0.29, 0.717) is 0 Å². The molecule has 0 aliphatic rings. The third kappa shape index (κ3) is 2.27. The van der Waals surface area contributed by atoms with E-state index in [-0.39, 0.29) is 0 Å². The Bertz CT molecular complexity index is 265. The Labute approximate surface area is 77.9 Å². The van der Waals surface area contributed by atoms with Gasteiger partial charge in [-0.25, -0.2) is 0 Å². The summed E-state index contributed by atoms with van der Waals surface area (Å²) in [4.78, 5) is 11.2.